The van der Waals surface area contributed by atoms with E-state index in [0.717, 1.165) is 0 Å². The molecular formula is C34H70O13. The van der Waals surface area contributed by atoms with Gasteiger partial charge in [-0.3, -0.25) is 5.26 Å². The molecule has 0 bridgehead atoms. The smallest absolute Gasteiger partial charge is 0.113 e. The van der Waals surface area contributed by atoms with Crippen molar-refractivity contribution in [1.82, 2.24) is 0 Å². The number of methoxy groups -OCH3 is 1. The van der Waals surface area contributed by atoms with Crippen molar-refractivity contribution in [2.75, 3.05) is 79.8 Å². The first-order chi connectivity index (χ1) is 22.2. The molecule has 0 aromatic carbocycles. The lowest BCUT2D eigenvalue weighted by Crippen LogP contribution is -2.31. The predicted molar refractivity (Wildman–Crippen MR) is 179 cm³/mol. The molecule has 11 atom stereocenters. The molecule has 47 heavy (non-hydrogen) atoms. The van der Waals surface area contributed by atoms with Crippen LogP contribution >= 0.6 is 0 Å². The van der Waals surface area contributed by atoms with Crippen molar-refractivity contribution in [1.29, 1.82) is 0 Å². The lowest BCUT2D eigenvalue weighted by molar-refractivity contribution is -0.284. The maximum atomic E-state index is 8.59. The largest absolute Gasteiger partial charge is 0.382 e. The number of ether oxygens (including phenoxy) is 11. The summed E-state index contributed by atoms with van der Waals surface area (Å²) in [5, 5.41) is 8.59. The Kier molecular flexibility index (Phi) is 28.9. The molecule has 13 nitrogen and oxygen atoms in total. The highest BCUT2D eigenvalue weighted by atomic mass is 17.1. The van der Waals surface area contributed by atoms with Gasteiger partial charge in [0.25, 0.3) is 0 Å². The van der Waals surface area contributed by atoms with E-state index in [1.807, 2.05) is 69.2 Å². The molecule has 0 saturated carbocycles. The Morgan fingerprint density at radius 2 is 0.426 bits per heavy atom. The van der Waals surface area contributed by atoms with Crippen LogP contribution < -0.4 is 0 Å². The summed E-state index contributed by atoms with van der Waals surface area (Å²) in [5.74, 6) is 0. The SMILES string of the molecule is COCC(C)OCC(C)OCC(C)OCC(C)OCC(C)OCC(C)OCC(C)OCC(C)OCC(C)OCC(C)OCC(C)OO. The summed E-state index contributed by atoms with van der Waals surface area (Å²) in [5.41, 5.74) is 0. The van der Waals surface area contributed by atoms with E-state index in [9.17, 15) is 0 Å². The molecule has 0 aliphatic heterocycles. The Labute approximate surface area is 285 Å². The van der Waals surface area contributed by atoms with Gasteiger partial charge in [0.2, 0.25) is 0 Å². The van der Waals surface area contributed by atoms with Gasteiger partial charge >= 0.3 is 0 Å². The van der Waals surface area contributed by atoms with Crippen LogP contribution in [-0.2, 0) is 57.0 Å². The van der Waals surface area contributed by atoms with E-state index >= 15 is 0 Å². The molecule has 284 valence electrons. The maximum absolute atomic E-state index is 8.59. The monoisotopic (exact) mass is 686 g/mol. The molecule has 0 radical (unpaired) electrons. The summed E-state index contributed by atoms with van der Waals surface area (Å²) >= 11 is 0. The highest BCUT2D eigenvalue weighted by Gasteiger charge is 2.16. The van der Waals surface area contributed by atoms with Crippen molar-refractivity contribution in [3.8, 4) is 0 Å². The Balaban J connectivity index is 3.92. The average molecular weight is 687 g/mol. The normalized spacial score (nSPS) is 19.3. The van der Waals surface area contributed by atoms with Crippen molar-refractivity contribution >= 4 is 0 Å². The highest BCUT2D eigenvalue weighted by Crippen LogP contribution is 2.06. The van der Waals surface area contributed by atoms with Crippen molar-refractivity contribution < 1.29 is 62.3 Å². The summed E-state index contributed by atoms with van der Waals surface area (Å²) in [4.78, 5) is 4.20. The minimum Gasteiger partial charge on any atom is -0.382 e. The van der Waals surface area contributed by atoms with E-state index in [1.165, 1.54) is 0 Å². The minimum absolute atomic E-state index is 0.0235. The second-order valence-corrected chi connectivity index (χ2v) is 12.8. The molecule has 0 aliphatic carbocycles. The van der Waals surface area contributed by atoms with Crippen LogP contribution in [0.5, 0.6) is 0 Å². The zero-order chi connectivity index (χ0) is 35.6. The van der Waals surface area contributed by atoms with Crippen LogP contribution in [-0.4, -0.2) is 152 Å². The van der Waals surface area contributed by atoms with Gasteiger partial charge in [-0.1, -0.05) is 0 Å². The zero-order valence-corrected chi connectivity index (χ0v) is 31.5. The third-order valence-electron chi connectivity index (χ3n) is 6.74. The van der Waals surface area contributed by atoms with E-state index in [1.54, 1.807) is 14.0 Å². The molecular weight excluding hydrogens is 616 g/mol. The van der Waals surface area contributed by atoms with Crippen LogP contribution in [0.25, 0.3) is 0 Å². The lowest BCUT2D eigenvalue weighted by Gasteiger charge is -2.23. The number of hydrogen-bond acceptors (Lipinski definition) is 13. The van der Waals surface area contributed by atoms with Gasteiger partial charge in [-0.05, 0) is 76.2 Å². The summed E-state index contributed by atoms with van der Waals surface area (Å²) in [7, 11) is 1.66. The number of hydrogen-bond donors (Lipinski definition) is 1. The third kappa shape index (κ3) is 29.0. The fraction of sp³-hybridized carbons (Fsp3) is 1.00. The predicted octanol–water partition coefficient (Wildman–Crippen LogP) is 4.56. The molecule has 11 unspecified atom stereocenters. The second-order valence-electron chi connectivity index (χ2n) is 12.8. The van der Waals surface area contributed by atoms with Crippen molar-refractivity contribution in [3.63, 3.8) is 0 Å². The van der Waals surface area contributed by atoms with Gasteiger partial charge in [0.05, 0.1) is 134 Å². The summed E-state index contributed by atoms with van der Waals surface area (Å²) in [6.45, 7) is 26.4. The Morgan fingerprint density at radius 3 is 0.574 bits per heavy atom. The summed E-state index contributed by atoms with van der Waals surface area (Å²) in [6.07, 6.45) is -1.04. The fourth-order valence-corrected chi connectivity index (χ4v) is 3.74. The van der Waals surface area contributed by atoms with Gasteiger partial charge in [0.1, 0.15) is 6.10 Å². The van der Waals surface area contributed by atoms with Gasteiger partial charge in [0.15, 0.2) is 0 Å². The maximum Gasteiger partial charge on any atom is 0.113 e. The topological polar surface area (TPSA) is 131 Å². The van der Waals surface area contributed by atoms with Crippen molar-refractivity contribution in [2.24, 2.45) is 0 Å². The molecule has 0 rings (SSSR count). The van der Waals surface area contributed by atoms with Crippen molar-refractivity contribution in [3.05, 3.63) is 0 Å². The van der Waals surface area contributed by atoms with Gasteiger partial charge in [0, 0.05) is 7.11 Å². The van der Waals surface area contributed by atoms with E-state index in [0.29, 0.717) is 72.7 Å². The Morgan fingerprint density at radius 1 is 0.277 bits per heavy atom. The summed E-state index contributed by atoms with van der Waals surface area (Å²) < 4.78 is 63.3. The molecule has 0 saturated heterocycles. The molecule has 0 fully saturated rings. The van der Waals surface area contributed by atoms with Crippen LogP contribution in [0.4, 0.5) is 0 Å². The minimum atomic E-state index is -0.378. The van der Waals surface area contributed by atoms with E-state index in [4.69, 9.17) is 57.4 Å². The first-order valence-corrected chi connectivity index (χ1v) is 17.2. The number of rotatable bonds is 33. The van der Waals surface area contributed by atoms with Crippen LogP contribution in [0.2, 0.25) is 0 Å². The van der Waals surface area contributed by atoms with Gasteiger partial charge in [-0.25, -0.2) is 4.89 Å². The lowest BCUT2D eigenvalue weighted by atomic mass is 10.3. The molecule has 0 spiro atoms. The quantitative estimate of drug-likeness (QED) is 0.0765. The first kappa shape index (κ1) is 46.5. The van der Waals surface area contributed by atoms with E-state index in [-0.39, 0.29) is 67.1 Å². The molecule has 0 heterocycles. The molecule has 13 heteroatoms. The molecule has 0 amide bonds. The van der Waals surface area contributed by atoms with E-state index < -0.39 is 0 Å². The Bertz CT molecular complexity index is 690. The van der Waals surface area contributed by atoms with Crippen LogP contribution in [0, 0.1) is 0 Å². The molecule has 0 aliphatic rings. The van der Waals surface area contributed by atoms with E-state index in [2.05, 4.69) is 4.89 Å². The van der Waals surface area contributed by atoms with Gasteiger partial charge in [-0.15, -0.1) is 0 Å². The average Bonchev–Trinajstić information content (AvgIpc) is 3.05. The summed E-state index contributed by atoms with van der Waals surface area (Å²) in [6, 6.07) is 0. The Hall–Kier alpha value is -0.520. The van der Waals surface area contributed by atoms with Crippen LogP contribution in [0.1, 0.15) is 76.2 Å². The first-order valence-electron chi connectivity index (χ1n) is 17.2. The second kappa shape index (κ2) is 29.2. The van der Waals surface area contributed by atoms with Gasteiger partial charge in [-0.2, -0.15) is 0 Å². The highest BCUT2D eigenvalue weighted by molar-refractivity contribution is 4.61. The zero-order valence-electron chi connectivity index (χ0n) is 31.5. The fourth-order valence-electron chi connectivity index (χ4n) is 3.74. The van der Waals surface area contributed by atoms with Crippen molar-refractivity contribution in [2.45, 2.75) is 143 Å². The molecule has 0 aromatic heterocycles. The molecule has 1 N–H and O–H groups in total. The molecule has 0 aromatic rings. The van der Waals surface area contributed by atoms with Gasteiger partial charge < -0.3 is 52.1 Å². The van der Waals surface area contributed by atoms with Crippen LogP contribution in [0.15, 0.2) is 0 Å². The third-order valence-corrected chi connectivity index (χ3v) is 6.74. The standard InChI is InChI=1S/C34H70O13/c1-24(13-36-12)37-14-25(2)38-15-26(3)39-16-27(4)40-17-28(5)41-18-29(6)42-19-30(7)43-20-31(8)44-21-32(9)45-22-33(10)46-23-34(11)47-35/h24-35H,13-23H2,1-12H3. The van der Waals surface area contributed by atoms with Crippen LogP contribution in [0.3, 0.4) is 0 Å².